The van der Waals surface area contributed by atoms with E-state index in [4.69, 9.17) is 11.6 Å². The average Bonchev–Trinajstić information content (AvgIpc) is 3.19. The number of hydrogen-bond donors (Lipinski definition) is 2. The molecule has 4 rings (SSSR count). The van der Waals surface area contributed by atoms with Crippen LogP contribution in [0.1, 0.15) is 35.3 Å². The Balaban J connectivity index is 1.48. The van der Waals surface area contributed by atoms with Gasteiger partial charge in [-0.1, -0.05) is 41.5 Å². The number of hydrogen-bond acceptors (Lipinski definition) is 6. The molecule has 9 heteroatoms. The third-order valence-corrected chi connectivity index (χ3v) is 6.76. The number of nitrogens with zero attached hydrogens (tertiary/aromatic N) is 2. The number of thiazole rings is 2. The van der Waals surface area contributed by atoms with Crippen LogP contribution in [0, 0.1) is 12.8 Å². The van der Waals surface area contributed by atoms with Gasteiger partial charge in [-0.3, -0.25) is 14.9 Å². The number of benzene rings is 1. The molecule has 2 heterocycles. The minimum atomic E-state index is -0.308. The molecular weight excluding hydrogens is 416 g/mol. The zero-order valence-electron chi connectivity index (χ0n) is 15.0. The van der Waals surface area contributed by atoms with Crippen LogP contribution in [0.25, 0.3) is 10.6 Å². The van der Waals surface area contributed by atoms with Crippen molar-refractivity contribution in [2.75, 3.05) is 10.6 Å². The van der Waals surface area contributed by atoms with Gasteiger partial charge in [0.25, 0.3) is 5.91 Å². The number of rotatable bonds is 5. The fourth-order valence-electron chi connectivity index (χ4n) is 2.81. The van der Waals surface area contributed by atoms with Gasteiger partial charge in [-0.25, -0.2) is 9.97 Å². The molecule has 6 nitrogen and oxygen atoms in total. The Labute approximate surface area is 175 Å². The van der Waals surface area contributed by atoms with E-state index < -0.39 is 0 Å². The normalized spacial score (nSPS) is 13.8. The summed E-state index contributed by atoms with van der Waals surface area (Å²) in [4.78, 5) is 34.3. The number of nitrogens with one attached hydrogen (secondary N) is 2. The van der Waals surface area contributed by atoms with E-state index in [-0.39, 0.29) is 17.7 Å². The molecule has 2 aromatic heterocycles. The van der Waals surface area contributed by atoms with E-state index in [1.54, 1.807) is 24.3 Å². The van der Waals surface area contributed by atoms with Gasteiger partial charge in [-0.15, -0.1) is 11.3 Å². The Bertz CT molecular complexity index is 1040. The van der Waals surface area contributed by atoms with Crippen molar-refractivity contribution in [2.24, 2.45) is 5.92 Å². The summed E-state index contributed by atoms with van der Waals surface area (Å²) < 4.78 is 0. The second-order valence-corrected chi connectivity index (χ2v) is 8.79. The topological polar surface area (TPSA) is 84.0 Å². The highest BCUT2D eigenvalue weighted by Gasteiger charge is 2.26. The summed E-state index contributed by atoms with van der Waals surface area (Å²) in [7, 11) is 0. The van der Waals surface area contributed by atoms with Crippen LogP contribution in [0.3, 0.4) is 0 Å². The molecule has 1 aliphatic carbocycles. The predicted octanol–water partition coefficient (Wildman–Crippen LogP) is 5.22. The molecule has 144 valence electrons. The third kappa shape index (κ3) is 3.94. The number of aryl methyl sites for hydroxylation is 1. The van der Waals surface area contributed by atoms with Gasteiger partial charge in [0.1, 0.15) is 0 Å². The van der Waals surface area contributed by atoms with Crippen LogP contribution >= 0.6 is 34.3 Å². The van der Waals surface area contributed by atoms with Crippen LogP contribution in [-0.4, -0.2) is 21.8 Å². The lowest BCUT2D eigenvalue weighted by molar-refractivity contribution is -0.122. The van der Waals surface area contributed by atoms with E-state index in [1.165, 1.54) is 22.7 Å². The maximum absolute atomic E-state index is 12.4. The predicted molar refractivity (Wildman–Crippen MR) is 113 cm³/mol. The molecule has 3 aromatic rings. The maximum Gasteiger partial charge on any atom is 0.258 e. The van der Waals surface area contributed by atoms with E-state index >= 15 is 0 Å². The number of anilines is 2. The Hall–Kier alpha value is -2.29. The van der Waals surface area contributed by atoms with Gasteiger partial charge < -0.3 is 5.32 Å². The second kappa shape index (κ2) is 7.98. The van der Waals surface area contributed by atoms with Crippen molar-refractivity contribution in [1.82, 2.24) is 9.97 Å². The average molecular weight is 433 g/mol. The van der Waals surface area contributed by atoms with Crippen LogP contribution in [0.5, 0.6) is 0 Å². The van der Waals surface area contributed by atoms with Crippen molar-refractivity contribution in [2.45, 2.75) is 26.2 Å². The van der Waals surface area contributed by atoms with E-state index in [1.807, 2.05) is 12.3 Å². The van der Waals surface area contributed by atoms with Gasteiger partial charge in [0, 0.05) is 11.3 Å². The second-order valence-electron chi connectivity index (χ2n) is 6.52. The van der Waals surface area contributed by atoms with E-state index in [2.05, 4.69) is 20.6 Å². The van der Waals surface area contributed by atoms with Crippen molar-refractivity contribution in [3.63, 3.8) is 0 Å². The fraction of sp³-hybridized carbons (Fsp3) is 0.263. The first-order valence-electron chi connectivity index (χ1n) is 8.81. The molecule has 1 fully saturated rings. The Morgan fingerprint density at radius 2 is 1.93 bits per heavy atom. The minimum Gasteiger partial charge on any atom is -0.302 e. The van der Waals surface area contributed by atoms with Crippen LogP contribution in [0.2, 0.25) is 5.02 Å². The fourth-order valence-corrected chi connectivity index (χ4v) is 4.73. The lowest BCUT2D eigenvalue weighted by Crippen LogP contribution is -2.27. The molecule has 1 aliphatic rings. The van der Waals surface area contributed by atoms with E-state index in [9.17, 15) is 9.59 Å². The molecule has 0 unspecified atom stereocenters. The van der Waals surface area contributed by atoms with Gasteiger partial charge in [0.15, 0.2) is 10.3 Å². The zero-order chi connectivity index (χ0) is 19.7. The molecule has 2 N–H and O–H groups in total. The third-order valence-electron chi connectivity index (χ3n) is 4.58. The summed E-state index contributed by atoms with van der Waals surface area (Å²) in [5.74, 6) is -0.150. The standard InChI is InChI=1S/C19H17ClN4O2S2/c1-10-15(14-9-27-18(22-14)23-16(25)11-5-4-6-11)28-19(21-10)24-17(26)12-7-2-3-8-13(12)20/h2-3,7-9,11H,4-6H2,1H3,(H,21,24,26)(H,22,23,25). The first-order valence-corrected chi connectivity index (χ1v) is 10.9. The molecule has 0 saturated heterocycles. The van der Waals surface area contributed by atoms with Crippen LogP contribution in [-0.2, 0) is 4.79 Å². The first-order chi connectivity index (χ1) is 13.5. The monoisotopic (exact) mass is 432 g/mol. The Kier molecular flexibility index (Phi) is 5.43. The van der Waals surface area contributed by atoms with Gasteiger partial charge >= 0.3 is 0 Å². The first kappa shape index (κ1) is 19.0. The van der Waals surface area contributed by atoms with Crippen molar-refractivity contribution in [1.29, 1.82) is 0 Å². The van der Waals surface area contributed by atoms with Crippen molar-refractivity contribution < 1.29 is 9.59 Å². The summed E-state index contributed by atoms with van der Waals surface area (Å²) in [6, 6.07) is 6.86. The maximum atomic E-state index is 12.4. The largest absolute Gasteiger partial charge is 0.302 e. The van der Waals surface area contributed by atoms with Crippen LogP contribution < -0.4 is 10.6 Å². The Morgan fingerprint density at radius 1 is 1.14 bits per heavy atom. The molecule has 2 amide bonds. The zero-order valence-corrected chi connectivity index (χ0v) is 17.4. The summed E-state index contributed by atoms with van der Waals surface area (Å²) in [6.07, 6.45) is 3.02. The smallest absolute Gasteiger partial charge is 0.258 e. The van der Waals surface area contributed by atoms with Gasteiger partial charge in [-0.05, 0) is 31.9 Å². The lowest BCUT2D eigenvalue weighted by Gasteiger charge is -2.23. The van der Waals surface area contributed by atoms with Crippen molar-refractivity contribution in [3.05, 3.63) is 45.9 Å². The molecule has 0 aliphatic heterocycles. The van der Waals surface area contributed by atoms with Crippen LogP contribution in [0.15, 0.2) is 29.6 Å². The number of carbonyl (C=O) groups excluding carboxylic acids is 2. The molecule has 1 aromatic carbocycles. The minimum absolute atomic E-state index is 0.0425. The summed E-state index contributed by atoms with van der Waals surface area (Å²) in [5.41, 5.74) is 1.90. The van der Waals surface area contributed by atoms with Gasteiger partial charge in [0.05, 0.1) is 26.9 Å². The molecule has 28 heavy (non-hydrogen) atoms. The lowest BCUT2D eigenvalue weighted by atomic mass is 9.85. The highest BCUT2D eigenvalue weighted by atomic mass is 35.5. The highest BCUT2D eigenvalue weighted by Crippen LogP contribution is 2.35. The summed E-state index contributed by atoms with van der Waals surface area (Å²) >= 11 is 8.81. The highest BCUT2D eigenvalue weighted by molar-refractivity contribution is 7.20. The van der Waals surface area contributed by atoms with Gasteiger partial charge in [0.2, 0.25) is 5.91 Å². The summed E-state index contributed by atoms with van der Waals surface area (Å²) in [6.45, 7) is 1.86. The van der Waals surface area contributed by atoms with Gasteiger partial charge in [-0.2, -0.15) is 0 Å². The molecule has 1 saturated carbocycles. The summed E-state index contributed by atoms with van der Waals surface area (Å²) in [5, 5.41) is 9.01. The molecule has 0 radical (unpaired) electrons. The molecule has 0 atom stereocenters. The number of amides is 2. The number of carbonyl (C=O) groups is 2. The van der Waals surface area contributed by atoms with Crippen molar-refractivity contribution in [3.8, 4) is 10.6 Å². The molecule has 0 spiro atoms. The van der Waals surface area contributed by atoms with Crippen LogP contribution in [0.4, 0.5) is 10.3 Å². The SMILES string of the molecule is Cc1nc(NC(=O)c2ccccc2Cl)sc1-c1csc(NC(=O)C2CCC2)n1. The quantitative estimate of drug-likeness (QED) is 0.578. The van der Waals surface area contributed by atoms with E-state index in [0.29, 0.717) is 20.8 Å². The molecular formula is C19H17ClN4O2S2. The Morgan fingerprint density at radius 3 is 2.64 bits per heavy atom. The number of aromatic nitrogens is 2. The van der Waals surface area contributed by atoms with Crippen molar-refractivity contribution >= 4 is 56.4 Å². The van der Waals surface area contributed by atoms with E-state index in [0.717, 1.165) is 35.5 Å². The number of halogens is 1. The molecule has 0 bridgehead atoms.